The van der Waals surface area contributed by atoms with E-state index in [-0.39, 0.29) is 11.8 Å². The number of amides is 2. The predicted octanol–water partition coefficient (Wildman–Crippen LogP) is 4.43. The summed E-state index contributed by atoms with van der Waals surface area (Å²) in [4.78, 5) is 26.7. The minimum Gasteiger partial charge on any atom is -0.492 e. The van der Waals surface area contributed by atoms with E-state index in [0.717, 1.165) is 10.4 Å². The first kappa shape index (κ1) is 20.1. The maximum Gasteiger partial charge on any atom is 0.265 e. The summed E-state index contributed by atoms with van der Waals surface area (Å²) >= 11 is 2.83. The largest absolute Gasteiger partial charge is 0.492 e. The lowest BCUT2D eigenvalue weighted by atomic mass is 10.2. The topological polar surface area (TPSA) is 67.4 Å². The quantitative estimate of drug-likeness (QED) is 0.509. The van der Waals surface area contributed by atoms with Gasteiger partial charge in [0, 0.05) is 18.0 Å². The second-order valence-corrected chi connectivity index (χ2v) is 7.95. The molecule has 3 aromatic rings. The molecule has 3 rings (SSSR count). The normalized spacial score (nSPS) is 10.5. The first-order chi connectivity index (χ1) is 13.7. The first-order valence-electron chi connectivity index (χ1n) is 9.11. The van der Waals surface area contributed by atoms with Gasteiger partial charge in [0.05, 0.1) is 11.5 Å². The van der Waals surface area contributed by atoms with Crippen molar-refractivity contribution in [2.24, 2.45) is 0 Å². The molecule has 0 atom stereocenters. The van der Waals surface area contributed by atoms with Crippen LogP contribution in [0.25, 0.3) is 10.4 Å². The van der Waals surface area contributed by atoms with Gasteiger partial charge in [0.25, 0.3) is 11.8 Å². The third-order valence-electron chi connectivity index (χ3n) is 3.93. The molecule has 0 aliphatic carbocycles. The van der Waals surface area contributed by atoms with Crippen LogP contribution in [0.5, 0.6) is 5.75 Å². The van der Waals surface area contributed by atoms with Crippen molar-refractivity contribution in [1.29, 1.82) is 0 Å². The number of ether oxygens (including phenoxy) is 1. The fourth-order valence-corrected chi connectivity index (χ4v) is 4.27. The van der Waals surface area contributed by atoms with E-state index in [0.29, 0.717) is 41.6 Å². The Kier molecular flexibility index (Phi) is 7.22. The summed E-state index contributed by atoms with van der Waals surface area (Å²) in [5.41, 5.74) is 1.06. The Balaban J connectivity index is 1.53. The molecule has 1 aromatic carbocycles. The molecule has 0 aliphatic rings. The Labute approximate surface area is 172 Å². The Bertz CT molecular complexity index is 905. The summed E-state index contributed by atoms with van der Waals surface area (Å²) in [5.74, 6) is 0.376. The van der Waals surface area contributed by atoms with Crippen molar-refractivity contribution >= 4 is 34.5 Å². The Morgan fingerprint density at radius 2 is 1.75 bits per heavy atom. The van der Waals surface area contributed by atoms with Gasteiger partial charge >= 0.3 is 0 Å². The number of hydrogen-bond donors (Lipinski definition) is 2. The minimum absolute atomic E-state index is 0.0780. The van der Waals surface area contributed by atoms with Crippen LogP contribution in [0.2, 0.25) is 0 Å². The molecule has 5 nitrogen and oxygen atoms in total. The lowest BCUT2D eigenvalue weighted by Crippen LogP contribution is -2.29. The molecule has 2 heterocycles. The lowest BCUT2D eigenvalue weighted by molar-refractivity contribution is 0.0953. The van der Waals surface area contributed by atoms with E-state index < -0.39 is 0 Å². The number of rotatable bonds is 9. The summed E-state index contributed by atoms with van der Waals surface area (Å²) in [5, 5.41) is 7.64. The molecule has 2 amide bonds. The third kappa shape index (κ3) is 5.21. The Hall–Kier alpha value is -2.64. The van der Waals surface area contributed by atoms with E-state index in [1.165, 1.54) is 22.7 Å². The van der Waals surface area contributed by atoms with Gasteiger partial charge in [-0.3, -0.25) is 9.59 Å². The van der Waals surface area contributed by atoms with E-state index in [1.54, 1.807) is 6.07 Å². The molecule has 0 saturated carbocycles. The van der Waals surface area contributed by atoms with E-state index in [2.05, 4.69) is 10.6 Å². The summed E-state index contributed by atoms with van der Waals surface area (Å²) < 4.78 is 5.65. The number of thiophene rings is 2. The average Bonchev–Trinajstić information content (AvgIpc) is 3.39. The fraction of sp³-hybridized carbons (Fsp3) is 0.238. The molecule has 0 saturated heterocycles. The van der Waals surface area contributed by atoms with Crippen LogP contribution in [0.4, 0.5) is 0 Å². The summed E-state index contributed by atoms with van der Waals surface area (Å²) in [6.45, 7) is 3.39. The SMILES string of the molecule is CCOc1cc(-c2ccccc2)sc1C(=O)NCCCNC(=O)c1cccs1. The average molecular weight is 415 g/mol. The van der Waals surface area contributed by atoms with Crippen LogP contribution in [-0.2, 0) is 0 Å². The van der Waals surface area contributed by atoms with Gasteiger partial charge in [0.2, 0.25) is 0 Å². The van der Waals surface area contributed by atoms with Crippen LogP contribution in [0.1, 0.15) is 32.7 Å². The standard InChI is InChI=1S/C21H22N2O3S2/c1-2-26-16-14-18(15-8-4-3-5-9-15)28-19(16)21(25)23-12-7-11-22-20(24)17-10-6-13-27-17/h3-6,8-10,13-14H,2,7,11-12H2,1H3,(H,22,24)(H,23,25). The molecule has 0 fully saturated rings. The summed E-state index contributed by atoms with van der Waals surface area (Å²) in [7, 11) is 0. The highest BCUT2D eigenvalue weighted by molar-refractivity contribution is 7.17. The van der Waals surface area contributed by atoms with Crippen LogP contribution in [0.15, 0.2) is 53.9 Å². The Morgan fingerprint density at radius 3 is 2.43 bits per heavy atom. The van der Waals surface area contributed by atoms with Gasteiger partial charge in [0.15, 0.2) is 0 Å². The minimum atomic E-state index is -0.153. The predicted molar refractivity (Wildman–Crippen MR) is 115 cm³/mol. The number of nitrogens with one attached hydrogen (secondary N) is 2. The van der Waals surface area contributed by atoms with Crippen molar-refractivity contribution in [3.8, 4) is 16.2 Å². The van der Waals surface area contributed by atoms with Gasteiger partial charge in [-0.2, -0.15) is 0 Å². The zero-order valence-electron chi connectivity index (χ0n) is 15.6. The number of benzene rings is 1. The molecule has 28 heavy (non-hydrogen) atoms. The number of carbonyl (C=O) groups is 2. The van der Waals surface area contributed by atoms with E-state index >= 15 is 0 Å². The molecule has 0 bridgehead atoms. The number of carbonyl (C=O) groups excluding carboxylic acids is 2. The molecule has 0 spiro atoms. The van der Waals surface area contributed by atoms with Crippen molar-refractivity contribution in [3.05, 3.63) is 63.7 Å². The Morgan fingerprint density at radius 1 is 1.00 bits per heavy atom. The van der Waals surface area contributed by atoms with Crippen LogP contribution < -0.4 is 15.4 Å². The fourth-order valence-electron chi connectivity index (χ4n) is 2.61. The zero-order valence-corrected chi connectivity index (χ0v) is 17.2. The van der Waals surface area contributed by atoms with Crippen LogP contribution in [0.3, 0.4) is 0 Å². The summed E-state index contributed by atoms with van der Waals surface area (Å²) in [6.07, 6.45) is 0.656. The molecule has 0 aliphatic heterocycles. The smallest absolute Gasteiger partial charge is 0.265 e. The van der Waals surface area contributed by atoms with Crippen molar-refractivity contribution in [3.63, 3.8) is 0 Å². The molecule has 2 aromatic heterocycles. The van der Waals surface area contributed by atoms with Gasteiger partial charge in [-0.15, -0.1) is 22.7 Å². The summed E-state index contributed by atoms with van der Waals surface area (Å²) in [6, 6.07) is 15.5. The molecular weight excluding hydrogens is 392 g/mol. The molecule has 146 valence electrons. The molecule has 0 unspecified atom stereocenters. The van der Waals surface area contributed by atoms with Crippen molar-refractivity contribution in [2.45, 2.75) is 13.3 Å². The van der Waals surface area contributed by atoms with Gasteiger partial charge in [-0.1, -0.05) is 36.4 Å². The lowest BCUT2D eigenvalue weighted by Gasteiger charge is -2.07. The zero-order chi connectivity index (χ0) is 19.8. The molecular formula is C21H22N2O3S2. The van der Waals surface area contributed by atoms with Gasteiger partial charge in [-0.25, -0.2) is 0 Å². The van der Waals surface area contributed by atoms with E-state index in [9.17, 15) is 9.59 Å². The van der Waals surface area contributed by atoms with Gasteiger partial charge < -0.3 is 15.4 Å². The molecule has 2 N–H and O–H groups in total. The second-order valence-electron chi connectivity index (χ2n) is 5.95. The van der Waals surface area contributed by atoms with E-state index in [4.69, 9.17) is 4.74 Å². The van der Waals surface area contributed by atoms with Gasteiger partial charge in [-0.05, 0) is 36.4 Å². The third-order valence-corrected chi connectivity index (χ3v) is 5.96. The monoisotopic (exact) mass is 414 g/mol. The highest BCUT2D eigenvalue weighted by atomic mass is 32.1. The maximum atomic E-state index is 12.6. The highest BCUT2D eigenvalue weighted by Gasteiger charge is 2.18. The highest BCUT2D eigenvalue weighted by Crippen LogP contribution is 2.36. The van der Waals surface area contributed by atoms with Crippen LogP contribution in [0, 0.1) is 0 Å². The maximum absolute atomic E-state index is 12.6. The van der Waals surface area contributed by atoms with Crippen LogP contribution in [-0.4, -0.2) is 31.5 Å². The van der Waals surface area contributed by atoms with Gasteiger partial charge in [0.1, 0.15) is 10.6 Å². The van der Waals surface area contributed by atoms with E-state index in [1.807, 2.05) is 54.8 Å². The second kappa shape index (κ2) is 10.1. The molecule has 0 radical (unpaired) electrons. The first-order valence-corrected chi connectivity index (χ1v) is 10.8. The number of hydrogen-bond acceptors (Lipinski definition) is 5. The van der Waals surface area contributed by atoms with Crippen LogP contribution >= 0.6 is 22.7 Å². The van der Waals surface area contributed by atoms with Crippen molar-refractivity contribution < 1.29 is 14.3 Å². The van der Waals surface area contributed by atoms with Crippen molar-refractivity contribution in [2.75, 3.05) is 19.7 Å². The van der Waals surface area contributed by atoms with Crippen molar-refractivity contribution in [1.82, 2.24) is 10.6 Å². The molecule has 7 heteroatoms.